The van der Waals surface area contributed by atoms with Crippen LogP contribution in [0.3, 0.4) is 0 Å². The highest BCUT2D eigenvalue weighted by molar-refractivity contribution is 7.85. The van der Waals surface area contributed by atoms with Crippen molar-refractivity contribution in [2.24, 2.45) is 0 Å². The van der Waals surface area contributed by atoms with Gasteiger partial charge in [-0.05, 0) is 12.8 Å². The lowest BCUT2D eigenvalue weighted by atomic mass is 9.98. The van der Waals surface area contributed by atoms with Crippen molar-refractivity contribution >= 4 is 10.1 Å². The lowest BCUT2D eigenvalue weighted by molar-refractivity contribution is 0.130. The summed E-state index contributed by atoms with van der Waals surface area (Å²) in [6.45, 7) is 0. The van der Waals surface area contributed by atoms with Gasteiger partial charge in [-0.2, -0.15) is 8.42 Å². The minimum absolute atomic E-state index is 0.0359. The molecule has 1 saturated carbocycles. The standard InChI is InChI=1S/C6H12O.CH4O3S/c7-6-4-2-1-3-5-6;1-5(2,3)4/h6-7H,1-5H2;1H3,(H,2,3,4). The summed E-state index contributed by atoms with van der Waals surface area (Å²) in [5.74, 6) is 0. The monoisotopic (exact) mass is 196 g/mol. The van der Waals surface area contributed by atoms with Crippen LogP contribution in [0.15, 0.2) is 0 Å². The molecular formula is C7H16O4S. The maximum atomic E-state index is 9.19. The Morgan fingerprint density at radius 1 is 1.17 bits per heavy atom. The highest BCUT2D eigenvalue weighted by Crippen LogP contribution is 2.16. The predicted octanol–water partition coefficient (Wildman–Crippen LogP) is 0.815. The van der Waals surface area contributed by atoms with Crippen LogP contribution in [-0.2, 0) is 10.1 Å². The first kappa shape index (κ1) is 11.9. The molecule has 0 atom stereocenters. The van der Waals surface area contributed by atoms with Crippen LogP contribution in [0.25, 0.3) is 0 Å². The van der Waals surface area contributed by atoms with Crippen LogP contribution in [0, 0.1) is 0 Å². The topological polar surface area (TPSA) is 74.6 Å². The van der Waals surface area contributed by atoms with E-state index in [0.29, 0.717) is 6.26 Å². The zero-order valence-electron chi connectivity index (χ0n) is 7.23. The van der Waals surface area contributed by atoms with Gasteiger partial charge in [0.1, 0.15) is 0 Å². The van der Waals surface area contributed by atoms with E-state index in [9.17, 15) is 8.42 Å². The smallest absolute Gasteiger partial charge is 0.261 e. The number of rotatable bonds is 0. The van der Waals surface area contributed by atoms with Crippen molar-refractivity contribution in [2.45, 2.75) is 38.2 Å². The Balaban J connectivity index is 0.000000217. The summed E-state index contributed by atoms with van der Waals surface area (Å²) < 4.78 is 25.9. The van der Waals surface area contributed by atoms with E-state index in [4.69, 9.17) is 9.66 Å². The second-order valence-electron chi connectivity index (χ2n) is 3.02. The molecule has 0 unspecified atom stereocenters. The molecule has 0 amide bonds. The van der Waals surface area contributed by atoms with E-state index in [0.717, 1.165) is 12.8 Å². The molecule has 0 aromatic carbocycles. The summed E-state index contributed by atoms with van der Waals surface area (Å²) in [6.07, 6.45) is 6.64. The third-order valence-corrected chi connectivity index (χ3v) is 1.57. The quantitative estimate of drug-likeness (QED) is 0.562. The van der Waals surface area contributed by atoms with Crippen molar-refractivity contribution in [1.82, 2.24) is 0 Å². The second kappa shape index (κ2) is 5.50. The maximum Gasteiger partial charge on any atom is 0.261 e. The van der Waals surface area contributed by atoms with Crippen LogP contribution in [0.4, 0.5) is 0 Å². The number of aliphatic hydroxyl groups is 1. The fourth-order valence-electron chi connectivity index (χ4n) is 1.08. The Labute approximate surface area is 73.4 Å². The predicted molar refractivity (Wildman–Crippen MR) is 46.6 cm³/mol. The van der Waals surface area contributed by atoms with E-state index >= 15 is 0 Å². The lowest BCUT2D eigenvalue weighted by Crippen LogP contribution is -2.09. The minimum atomic E-state index is -3.67. The molecule has 0 saturated heterocycles. The van der Waals surface area contributed by atoms with Crippen LogP contribution in [0.1, 0.15) is 32.1 Å². The molecule has 5 heteroatoms. The van der Waals surface area contributed by atoms with E-state index in [1.165, 1.54) is 19.3 Å². The summed E-state index contributed by atoms with van der Waals surface area (Å²) in [6, 6.07) is 0. The van der Waals surface area contributed by atoms with Gasteiger partial charge in [0, 0.05) is 0 Å². The van der Waals surface area contributed by atoms with Gasteiger partial charge in [0.05, 0.1) is 12.4 Å². The van der Waals surface area contributed by atoms with Crippen LogP contribution < -0.4 is 0 Å². The van der Waals surface area contributed by atoms with Gasteiger partial charge in [0.15, 0.2) is 0 Å². The molecule has 0 radical (unpaired) electrons. The zero-order valence-corrected chi connectivity index (χ0v) is 8.05. The van der Waals surface area contributed by atoms with E-state index < -0.39 is 10.1 Å². The average Bonchev–Trinajstić information content (AvgIpc) is 1.85. The summed E-state index contributed by atoms with van der Waals surface area (Å²) in [5.41, 5.74) is 0. The molecule has 1 aliphatic rings. The minimum Gasteiger partial charge on any atom is -0.393 e. The van der Waals surface area contributed by atoms with Crippen LogP contribution in [0.5, 0.6) is 0 Å². The normalized spacial score (nSPS) is 19.6. The number of hydrogen-bond acceptors (Lipinski definition) is 3. The van der Waals surface area contributed by atoms with Gasteiger partial charge in [0.2, 0.25) is 0 Å². The first-order valence-corrected chi connectivity index (χ1v) is 5.85. The fourth-order valence-corrected chi connectivity index (χ4v) is 1.08. The van der Waals surface area contributed by atoms with Gasteiger partial charge in [-0.3, -0.25) is 4.55 Å². The molecule has 12 heavy (non-hydrogen) atoms. The van der Waals surface area contributed by atoms with Crippen LogP contribution >= 0.6 is 0 Å². The molecule has 74 valence electrons. The Hall–Kier alpha value is -0.130. The van der Waals surface area contributed by atoms with Gasteiger partial charge in [0.25, 0.3) is 10.1 Å². The molecule has 0 spiro atoms. The first-order valence-electron chi connectivity index (χ1n) is 4.00. The van der Waals surface area contributed by atoms with Crippen molar-refractivity contribution in [3.05, 3.63) is 0 Å². The molecule has 0 aromatic heterocycles. The number of hydrogen-bond donors (Lipinski definition) is 2. The molecule has 0 heterocycles. The van der Waals surface area contributed by atoms with Crippen molar-refractivity contribution < 1.29 is 18.1 Å². The average molecular weight is 196 g/mol. The molecule has 2 N–H and O–H groups in total. The Bertz CT molecular complexity index is 183. The molecule has 1 rings (SSSR count). The van der Waals surface area contributed by atoms with Gasteiger partial charge in [-0.15, -0.1) is 0 Å². The first-order chi connectivity index (χ1) is 5.39. The molecule has 0 aliphatic heterocycles. The Kier molecular flexibility index (Phi) is 5.44. The van der Waals surface area contributed by atoms with Gasteiger partial charge >= 0.3 is 0 Å². The summed E-state index contributed by atoms with van der Waals surface area (Å²) in [7, 11) is -3.67. The molecule has 1 aliphatic carbocycles. The molecule has 0 bridgehead atoms. The summed E-state index contributed by atoms with van der Waals surface area (Å²) in [4.78, 5) is 0. The molecule has 0 aromatic rings. The molecule has 1 fully saturated rings. The van der Waals surface area contributed by atoms with Crippen molar-refractivity contribution in [3.8, 4) is 0 Å². The van der Waals surface area contributed by atoms with Crippen LogP contribution in [-0.4, -0.2) is 30.4 Å². The Morgan fingerprint density at radius 2 is 1.50 bits per heavy atom. The van der Waals surface area contributed by atoms with E-state index in [1.807, 2.05) is 0 Å². The van der Waals surface area contributed by atoms with Crippen molar-refractivity contribution in [1.29, 1.82) is 0 Å². The van der Waals surface area contributed by atoms with E-state index in [2.05, 4.69) is 0 Å². The highest BCUT2D eigenvalue weighted by Gasteiger charge is 2.07. The molecular weight excluding hydrogens is 180 g/mol. The van der Waals surface area contributed by atoms with E-state index in [1.54, 1.807) is 0 Å². The fraction of sp³-hybridized carbons (Fsp3) is 1.00. The van der Waals surface area contributed by atoms with Crippen molar-refractivity contribution in [3.63, 3.8) is 0 Å². The van der Waals surface area contributed by atoms with Gasteiger partial charge in [-0.25, -0.2) is 0 Å². The summed E-state index contributed by atoms with van der Waals surface area (Å²) >= 11 is 0. The van der Waals surface area contributed by atoms with Crippen LogP contribution in [0.2, 0.25) is 0 Å². The third-order valence-electron chi connectivity index (χ3n) is 1.57. The highest BCUT2D eigenvalue weighted by atomic mass is 32.2. The van der Waals surface area contributed by atoms with Gasteiger partial charge in [-0.1, -0.05) is 19.3 Å². The largest absolute Gasteiger partial charge is 0.393 e. The second-order valence-corrected chi connectivity index (χ2v) is 4.49. The van der Waals surface area contributed by atoms with Gasteiger partial charge < -0.3 is 5.11 Å². The number of aliphatic hydroxyl groups excluding tert-OH is 1. The zero-order chi connectivity index (χ0) is 9.61. The lowest BCUT2D eigenvalue weighted by Gasteiger charge is -2.14. The maximum absolute atomic E-state index is 9.19. The summed E-state index contributed by atoms with van der Waals surface area (Å²) in [5, 5.41) is 8.91. The van der Waals surface area contributed by atoms with E-state index in [-0.39, 0.29) is 6.10 Å². The SMILES string of the molecule is CS(=O)(=O)O.OC1CCCCC1. The van der Waals surface area contributed by atoms with Crippen molar-refractivity contribution in [2.75, 3.05) is 6.26 Å². The third kappa shape index (κ3) is 12.5. The molecule has 4 nitrogen and oxygen atoms in total. The Morgan fingerprint density at radius 3 is 1.67 bits per heavy atom.